The van der Waals surface area contributed by atoms with Crippen molar-refractivity contribution in [3.63, 3.8) is 0 Å². The number of esters is 1. The van der Waals surface area contributed by atoms with Gasteiger partial charge in [-0.15, -0.1) is 0 Å². The molecule has 1 aromatic heterocycles. The van der Waals surface area contributed by atoms with Gasteiger partial charge < -0.3 is 14.2 Å². The molecule has 1 aromatic carbocycles. The van der Waals surface area contributed by atoms with E-state index in [0.29, 0.717) is 46.0 Å². The van der Waals surface area contributed by atoms with Gasteiger partial charge in [-0.3, -0.25) is 4.98 Å². The molecule has 0 atom stereocenters. The van der Waals surface area contributed by atoms with E-state index in [0.717, 1.165) is 6.42 Å². The van der Waals surface area contributed by atoms with Gasteiger partial charge in [0.05, 0.1) is 18.2 Å². The average molecular weight is 391 g/mol. The normalized spacial score (nSPS) is 17.7. The van der Waals surface area contributed by atoms with Gasteiger partial charge in [-0.05, 0) is 35.9 Å². The van der Waals surface area contributed by atoms with Crippen LogP contribution in [0.4, 0.5) is 0 Å². The first-order valence-corrected chi connectivity index (χ1v) is 8.59. The van der Waals surface area contributed by atoms with Gasteiger partial charge in [0.2, 0.25) is 5.90 Å². The smallest absolute Gasteiger partial charge is 0.363 e. The number of halogens is 2. The Bertz CT molecular complexity index is 956. The summed E-state index contributed by atoms with van der Waals surface area (Å²) >= 11 is 12.2. The molecule has 0 saturated carbocycles. The predicted octanol–water partition coefficient (Wildman–Crippen LogP) is 3.89. The zero-order chi connectivity index (χ0) is 18.1. The molecule has 0 saturated heterocycles. The number of benzene rings is 1. The van der Waals surface area contributed by atoms with Gasteiger partial charge >= 0.3 is 5.97 Å². The first kappa shape index (κ1) is 16.9. The van der Waals surface area contributed by atoms with Gasteiger partial charge in [0.25, 0.3) is 0 Å². The highest BCUT2D eigenvalue weighted by atomic mass is 35.5. The topological polar surface area (TPSA) is 70.0 Å². The summed E-state index contributed by atoms with van der Waals surface area (Å²) in [5, 5.41) is 0.879. The number of hydrogen-bond acceptors (Lipinski definition) is 6. The van der Waals surface area contributed by atoms with E-state index in [1.165, 1.54) is 6.20 Å². The SMILES string of the molecule is O=C1OC(c2cc(Cl)ccn2)=N/C1=C\c1cc(Cl)c2c(c1)OCCCO2. The van der Waals surface area contributed by atoms with Crippen molar-refractivity contribution in [3.05, 3.63) is 57.5 Å². The summed E-state index contributed by atoms with van der Waals surface area (Å²) in [5.74, 6) is 0.566. The van der Waals surface area contributed by atoms with Crippen molar-refractivity contribution in [2.45, 2.75) is 6.42 Å². The van der Waals surface area contributed by atoms with Crippen molar-refractivity contribution in [2.24, 2.45) is 4.99 Å². The van der Waals surface area contributed by atoms with Gasteiger partial charge in [0.15, 0.2) is 17.2 Å². The van der Waals surface area contributed by atoms with Crippen LogP contribution < -0.4 is 9.47 Å². The number of cyclic esters (lactones) is 1. The zero-order valence-corrected chi connectivity index (χ0v) is 14.9. The molecule has 2 aliphatic heterocycles. The molecule has 0 aliphatic carbocycles. The van der Waals surface area contributed by atoms with Crippen LogP contribution >= 0.6 is 23.2 Å². The minimum absolute atomic E-state index is 0.101. The second-order valence-corrected chi connectivity index (χ2v) is 6.42. The maximum Gasteiger partial charge on any atom is 0.363 e. The summed E-state index contributed by atoms with van der Waals surface area (Å²) in [6, 6.07) is 6.62. The molecule has 0 amide bonds. The molecule has 8 heteroatoms. The molecule has 132 valence electrons. The van der Waals surface area contributed by atoms with Crippen LogP contribution in [0.15, 0.2) is 41.2 Å². The number of ether oxygens (including phenoxy) is 3. The first-order valence-electron chi connectivity index (χ1n) is 7.84. The molecule has 0 bridgehead atoms. The number of aromatic nitrogens is 1. The molecular formula is C18H12Cl2N2O4. The summed E-state index contributed by atoms with van der Waals surface area (Å²) in [4.78, 5) is 20.4. The number of aliphatic imine (C=N–C) groups is 1. The quantitative estimate of drug-likeness (QED) is 0.574. The Labute approximate surface area is 159 Å². The Hall–Kier alpha value is -2.57. The lowest BCUT2D eigenvalue weighted by molar-refractivity contribution is -0.129. The largest absolute Gasteiger partial charge is 0.489 e. The molecule has 0 fully saturated rings. The molecule has 6 nitrogen and oxygen atoms in total. The molecule has 0 radical (unpaired) electrons. The second-order valence-electron chi connectivity index (χ2n) is 5.58. The third kappa shape index (κ3) is 3.38. The lowest BCUT2D eigenvalue weighted by Gasteiger charge is -2.10. The average Bonchev–Trinajstić information content (AvgIpc) is 2.81. The van der Waals surface area contributed by atoms with Crippen molar-refractivity contribution < 1.29 is 19.0 Å². The number of hydrogen-bond donors (Lipinski definition) is 0. The van der Waals surface area contributed by atoms with Crippen LogP contribution in [0.5, 0.6) is 11.5 Å². The van der Waals surface area contributed by atoms with Crippen molar-refractivity contribution in [1.82, 2.24) is 4.98 Å². The molecule has 4 rings (SSSR count). The highest BCUT2D eigenvalue weighted by Crippen LogP contribution is 2.38. The molecule has 2 aliphatic rings. The van der Waals surface area contributed by atoms with Crippen LogP contribution in [-0.2, 0) is 9.53 Å². The molecule has 0 unspecified atom stereocenters. The van der Waals surface area contributed by atoms with Crippen LogP contribution in [0.1, 0.15) is 17.7 Å². The summed E-state index contributed by atoms with van der Waals surface area (Å²) in [7, 11) is 0. The van der Waals surface area contributed by atoms with E-state index >= 15 is 0 Å². The maximum absolute atomic E-state index is 12.1. The third-order valence-electron chi connectivity index (χ3n) is 3.69. The summed E-state index contributed by atoms with van der Waals surface area (Å²) in [6.07, 6.45) is 3.85. The van der Waals surface area contributed by atoms with E-state index in [4.69, 9.17) is 37.4 Å². The van der Waals surface area contributed by atoms with E-state index in [9.17, 15) is 4.79 Å². The van der Waals surface area contributed by atoms with Crippen molar-refractivity contribution in [3.8, 4) is 11.5 Å². The van der Waals surface area contributed by atoms with Crippen LogP contribution in [0.2, 0.25) is 10.0 Å². The van der Waals surface area contributed by atoms with E-state index in [2.05, 4.69) is 9.98 Å². The Balaban J connectivity index is 1.69. The Kier molecular flexibility index (Phi) is 4.53. The lowest BCUT2D eigenvalue weighted by atomic mass is 10.1. The number of rotatable bonds is 2. The van der Waals surface area contributed by atoms with Gasteiger partial charge in [-0.25, -0.2) is 9.79 Å². The summed E-state index contributed by atoms with van der Waals surface area (Å²) < 4.78 is 16.4. The highest BCUT2D eigenvalue weighted by molar-refractivity contribution is 6.32. The fourth-order valence-electron chi connectivity index (χ4n) is 2.53. The van der Waals surface area contributed by atoms with Gasteiger partial charge in [0, 0.05) is 17.6 Å². The van der Waals surface area contributed by atoms with Gasteiger partial charge in [0.1, 0.15) is 5.69 Å². The number of carbonyl (C=O) groups excluding carboxylic acids is 1. The minimum atomic E-state index is -0.579. The van der Waals surface area contributed by atoms with Crippen molar-refractivity contribution >= 4 is 41.1 Å². The maximum atomic E-state index is 12.1. The summed E-state index contributed by atoms with van der Waals surface area (Å²) in [5.41, 5.74) is 1.16. The zero-order valence-electron chi connectivity index (χ0n) is 13.4. The number of pyridine rings is 1. The van der Waals surface area contributed by atoms with Crippen molar-refractivity contribution in [1.29, 1.82) is 0 Å². The fraction of sp³-hybridized carbons (Fsp3) is 0.167. The van der Waals surface area contributed by atoms with Crippen LogP contribution in [-0.4, -0.2) is 30.1 Å². The highest BCUT2D eigenvalue weighted by Gasteiger charge is 2.25. The molecule has 2 aromatic rings. The monoisotopic (exact) mass is 390 g/mol. The minimum Gasteiger partial charge on any atom is -0.489 e. The molecular weight excluding hydrogens is 379 g/mol. The number of fused-ring (bicyclic) bond motifs is 1. The number of carbonyl (C=O) groups is 1. The van der Waals surface area contributed by atoms with E-state index in [1.807, 2.05) is 0 Å². The predicted molar refractivity (Wildman–Crippen MR) is 96.9 cm³/mol. The Morgan fingerprint density at radius 1 is 1.12 bits per heavy atom. The molecule has 3 heterocycles. The standard InChI is InChI=1S/C18H12Cl2N2O4/c19-11-2-3-21-13(9-11)17-22-14(18(23)26-17)7-10-6-12(20)16-15(8-10)24-4-1-5-25-16/h2-3,6-9H,1,4-5H2/b14-7-. The van der Waals surface area contributed by atoms with Crippen LogP contribution in [0.3, 0.4) is 0 Å². The van der Waals surface area contributed by atoms with Crippen LogP contribution in [0, 0.1) is 0 Å². The molecule has 0 spiro atoms. The first-order chi connectivity index (χ1) is 12.6. The van der Waals surface area contributed by atoms with Gasteiger partial charge in [-0.1, -0.05) is 23.2 Å². The van der Waals surface area contributed by atoms with E-state index in [-0.39, 0.29) is 11.6 Å². The third-order valence-corrected chi connectivity index (χ3v) is 4.21. The molecule has 0 N–H and O–H groups in total. The number of nitrogens with zero attached hydrogens (tertiary/aromatic N) is 2. The summed E-state index contributed by atoms with van der Waals surface area (Å²) in [6.45, 7) is 1.08. The van der Waals surface area contributed by atoms with Gasteiger partial charge in [-0.2, -0.15) is 0 Å². The Morgan fingerprint density at radius 2 is 1.96 bits per heavy atom. The Morgan fingerprint density at radius 3 is 2.81 bits per heavy atom. The molecule has 26 heavy (non-hydrogen) atoms. The fourth-order valence-corrected chi connectivity index (χ4v) is 2.97. The van der Waals surface area contributed by atoms with Crippen LogP contribution in [0.25, 0.3) is 6.08 Å². The second kappa shape index (κ2) is 6.97. The van der Waals surface area contributed by atoms with Crippen molar-refractivity contribution in [2.75, 3.05) is 13.2 Å². The van der Waals surface area contributed by atoms with E-state index in [1.54, 1.807) is 30.3 Å². The lowest BCUT2D eigenvalue weighted by Crippen LogP contribution is -2.07. The van der Waals surface area contributed by atoms with E-state index < -0.39 is 5.97 Å².